The number of phenolic OH excluding ortho intramolecular Hbond substituents is 5. The van der Waals surface area contributed by atoms with Gasteiger partial charge >= 0.3 is 0 Å². The molecule has 10 aromatic rings. The minimum atomic E-state index is -0.542. The van der Waals surface area contributed by atoms with Crippen LogP contribution in [0.4, 0.5) is 0 Å². The van der Waals surface area contributed by atoms with E-state index in [9.17, 15) is 25.5 Å². The van der Waals surface area contributed by atoms with Gasteiger partial charge in [-0.3, -0.25) is 0 Å². The van der Waals surface area contributed by atoms with Crippen LogP contribution in [-0.2, 0) is 52.8 Å². The Morgan fingerprint density at radius 1 is 0.202 bits per heavy atom. The van der Waals surface area contributed by atoms with Crippen LogP contribution < -0.4 is 0 Å². The van der Waals surface area contributed by atoms with Gasteiger partial charge in [0.05, 0.1) is 0 Å². The van der Waals surface area contributed by atoms with Crippen molar-refractivity contribution in [2.75, 3.05) is 0 Å². The Morgan fingerprint density at radius 2 is 0.381 bits per heavy atom. The molecule has 10 aromatic carbocycles. The van der Waals surface area contributed by atoms with Crippen molar-refractivity contribution in [2.24, 2.45) is 0 Å². The number of benzene rings is 10. The molecule has 0 amide bonds. The molecule has 0 bridgehead atoms. The van der Waals surface area contributed by atoms with Crippen LogP contribution in [0.5, 0.6) is 28.7 Å². The monoisotopic (exact) mass is 1110 g/mol. The highest BCUT2D eigenvalue weighted by atomic mass is 16.3. The van der Waals surface area contributed by atoms with Crippen molar-refractivity contribution in [1.29, 1.82) is 0 Å². The lowest BCUT2D eigenvalue weighted by atomic mass is 9.74. The van der Waals surface area contributed by atoms with Crippen LogP contribution in [0.25, 0.3) is 0 Å². The van der Waals surface area contributed by atoms with E-state index < -0.39 is 16.2 Å². The summed E-state index contributed by atoms with van der Waals surface area (Å²) in [6, 6.07) is 75.9. The van der Waals surface area contributed by atoms with Crippen molar-refractivity contribution in [3.05, 3.63) is 325 Å². The van der Waals surface area contributed by atoms with Gasteiger partial charge in [-0.15, -0.1) is 0 Å². The van der Waals surface area contributed by atoms with Crippen molar-refractivity contribution in [3.8, 4) is 28.7 Å². The second kappa shape index (κ2) is 23.1. The molecule has 84 heavy (non-hydrogen) atoms. The van der Waals surface area contributed by atoms with Crippen molar-refractivity contribution >= 4 is 0 Å². The Kier molecular flexibility index (Phi) is 16.1. The van der Waals surface area contributed by atoms with Gasteiger partial charge < -0.3 is 25.5 Å². The van der Waals surface area contributed by atoms with Crippen molar-refractivity contribution in [1.82, 2.24) is 0 Å². The van der Waals surface area contributed by atoms with E-state index in [0.29, 0.717) is 44.5 Å². The summed E-state index contributed by atoms with van der Waals surface area (Å²) >= 11 is 0. The summed E-state index contributed by atoms with van der Waals surface area (Å²) in [4.78, 5) is 0. The molecule has 0 spiro atoms. The van der Waals surface area contributed by atoms with E-state index in [4.69, 9.17) is 0 Å². The smallest absolute Gasteiger partial charge is 0.122 e. The van der Waals surface area contributed by atoms with Gasteiger partial charge in [0.2, 0.25) is 0 Å². The number of phenols is 5. The lowest BCUT2D eigenvalue weighted by molar-refractivity contribution is 0.452. The predicted molar refractivity (Wildman–Crippen MR) is 345 cm³/mol. The molecule has 5 N–H and O–H groups in total. The maximum atomic E-state index is 13.0. The number of rotatable bonds is 18. The second-order valence-electron chi connectivity index (χ2n) is 25.8. The van der Waals surface area contributed by atoms with Crippen molar-refractivity contribution in [2.45, 2.75) is 122 Å². The van der Waals surface area contributed by atoms with Gasteiger partial charge in [-0.1, -0.05) is 282 Å². The van der Waals surface area contributed by atoms with Gasteiger partial charge in [0, 0.05) is 52.8 Å². The van der Waals surface area contributed by atoms with Gasteiger partial charge in [-0.25, -0.2) is 0 Å². The van der Waals surface area contributed by atoms with E-state index in [-0.39, 0.29) is 65.3 Å². The number of hydrogen-bond donors (Lipinski definition) is 5. The van der Waals surface area contributed by atoms with Crippen LogP contribution in [-0.4, -0.2) is 25.5 Å². The number of hydrogen-bond acceptors (Lipinski definition) is 5. The molecule has 0 atom stereocenters. The first-order valence-corrected chi connectivity index (χ1v) is 29.4. The van der Waals surface area contributed by atoms with Gasteiger partial charge in [0.25, 0.3) is 0 Å². The summed E-state index contributed by atoms with van der Waals surface area (Å²) in [5, 5.41) is 61.8. The van der Waals surface area contributed by atoms with Crippen LogP contribution in [0.3, 0.4) is 0 Å². The summed E-state index contributed by atoms with van der Waals surface area (Å²) in [6.45, 7) is 21.9. The summed E-state index contributed by atoms with van der Waals surface area (Å²) < 4.78 is 0. The molecule has 5 nitrogen and oxygen atoms in total. The fourth-order valence-corrected chi connectivity index (χ4v) is 12.3. The summed E-state index contributed by atoms with van der Waals surface area (Å²) in [7, 11) is 0. The zero-order chi connectivity index (χ0) is 59.8. The van der Waals surface area contributed by atoms with E-state index >= 15 is 0 Å². The van der Waals surface area contributed by atoms with Crippen molar-refractivity contribution in [3.63, 3.8) is 0 Å². The summed E-state index contributed by atoms with van der Waals surface area (Å²) in [5.41, 5.74) is 13.6. The molecular weight excluding hydrogens is 1030 g/mol. The van der Waals surface area contributed by atoms with Gasteiger partial charge in [0.15, 0.2) is 0 Å². The molecule has 0 radical (unpaired) electrons. The third-order valence-electron chi connectivity index (χ3n) is 18.6. The number of aromatic hydroxyl groups is 5. The molecule has 0 saturated carbocycles. The average molecular weight is 1110 g/mol. The molecule has 0 aromatic heterocycles. The molecule has 0 aliphatic heterocycles. The van der Waals surface area contributed by atoms with Crippen LogP contribution in [0, 0.1) is 0 Å². The molecule has 0 heterocycles. The Labute approximate surface area is 498 Å². The van der Waals surface area contributed by atoms with Gasteiger partial charge in [-0.2, -0.15) is 0 Å². The molecule has 0 saturated heterocycles. The Bertz CT molecular complexity index is 3720. The van der Waals surface area contributed by atoms with Crippen LogP contribution >= 0.6 is 0 Å². The van der Waals surface area contributed by atoms with Gasteiger partial charge in [0.1, 0.15) is 28.7 Å². The standard InChI is InChI=1S/C79H80O5/c1-75(2,60-26-16-11-17-27-60)65-36-38-70(80)52(44-65)40-54-46-67(77(5,6)62-30-20-13-21-31-62)48-56(72(54)82)42-58-50-69(79(9,10)64-34-24-15-25-35-64)51-59(74(58)84)43-57-49-68(78(7,8)63-32-22-14-23-33-63)47-55(73(57)83)41-53-45-66(37-39-71(53)81)76(3,4)61-28-18-12-19-29-61/h11-39,44-51,80-84H,40-43H2,1-10H3. The molecule has 0 fully saturated rings. The lowest BCUT2D eigenvalue weighted by Gasteiger charge is -2.30. The first-order valence-electron chi connectivity index (χ1n) is 29.4. The van der Waals surface area contributed by atoms with Crippen LogP contribution in [0.15, 0.2) is 224 Å². The molecule has 0 aliphatic carbocycles. The van der Waals surface area contributed by atoms with Gasteiger partial charge in [-0.05, 0) is 112 Å². The van der Waals surface area contributed by atoms with E-state index in [1.54, 1.807) is 12.1 Å². The largest absolute Gasteiger partial charge is 0.508 e. The third kappa shape index (κ3) is 11.6. The predicted octanol–water partition coefficient (Wildman–Crippen LogP) is 18.2. The molecule has 426 valence electrons. The zero-order valence-corrected chi connectivity index (χ0v) is 50.4. The minimum absolute atomic E-state index is 0.0759. The highest BCUT2D eigenvalue weighted by molar-refractivity contribution is 5.60. The molecular formula is C79H80O5. The topological polar surface area (TPSA) is 101 Å². The third-order valence-corrected chi connectivity index (χ3v) is 18.6. The molecule has 0 unspecified atom stereocenters. The zero-order valence-electron chi connectivity index (χ0n) is 50.4. The lowest BCUT2D eigenvalue weighted by Crippen LogP contribution is -2.21. The van der Waals surface area contributed by atoms with Crippen LogP contribution in [0.2, 0.25) is 0 Å². The van der Waals surface area contributed by atoms with Crippen LogP contribution in [0.1, 0.15) is 169 Å². The summed E-state index contributed by atoms with van der Waals surface area (Å²) in [6.07, 6.45) is 0.861. The van der Waals surface area contributed by atoms with E-state index in [2.05, 4.69) is 178 Å². The Hall–Kier alpha value is -8.80. The fourth-order valence-electron chi connectivity index (χ4n) is 12.3. The minimum Gasteiger partial charge on any atom is -0.508 e. The first kappa shape index (κ1) is 58.4. The maximum Gasteiger partial charge on any atom is 0.122 e. The first-order chi connectivity index (χ1) is 40.0. The maximum absolute atomic E-state index is 13.0. The second-order valence-corrected chi connectivity index (χ2v) is 25.8. The quantitative estimate of drug-likeness (QED) is 0.0589. The average Bonchev–Trinajstić information content (AvgIpc) is 1.40. The van der Waals surface area contributed by atoms with E-state index in [1.165, 1.54) is 0 Å². The highest BCUT2D eigenvalue weighted by Crippen LogP contribution is 2.45. The summed E-state index contributed by atoms with van der Waals surface area (Å²) in [5.74, 6) is 0.567. The normalized spacial score (nSPS) is 12.4. The fraction of sp³-hybridized carbons (Fsp3) is 0.241. The molecule has 0 aliphatic rings. The molecule has 5 heteroatoms. The van der Waals surface area contributed by atoms with E-state index in [1.807, 2.05) is 103 Å². The molecule has 10 rings (SSSR count). The van der Waals surface area contributed by atoms with Crippen molar-refractivity contribution < 1.29 is 25.5 Å². The Balaban J connectivity index is 1.12. The Morgan fingerprint density at radius 3 is 0.595 bits per heavy atom. The SMILES string of the molecule is CC(C)(c1ccccc1)c1ccc(O)c(Cc2cc(C(C)(C)c3ccccc3)cc(Cc3cc(C(C)(C)c4ccccc4)cc(Cc4cc(C(C)(C)c5ccccc5)cc(Cc5cc(C(C)(C)c6ccccc6)ccc5O)c4O)c3O)c2O)c1. The highest BCUT2D eigenvalue weighted by Gasteiger charge is 2.32. The van der Waals surface area contributed by atoms with E-state index in [0.717, 1.165) is 55.6 Å².